The molecule has 2 rings (SSSR count). The van der Waals surface area contributed by atoms with Gasteiger partial charge in [0.05, 0.1) is 18.2 Å². The van der Waals surface area contributed by atoms with E-state index in [0.29, 0.717) is 18.2 Å². The molecule has 1 N–H and O–H groups in total. The van der Waals surface area contributed by atoms with Crippen LogP contribution in [-0.2, 0) is 11.2 Å². The molecule has 96 valence electrons. The lowest BCUT2D eigenvalue weighted by atomic mass is 10.1. The van der Waals surface area contributed by atoms with Crippen molar-refractivity contribution in [3.8, 4) is 0 Å². The monoisotopic (exact) mass is 253 g/mol. The van der Waals surface area contributed by atoms with Crippen molar-refractivity contribution in [1.82, 2.24) is 5.32 Å². The first-order valence-corrected chi connectivity index (χ1v) is 7.53. The van der Waals surface area contributed by atoms with Crippen LogP contribution in [-0.4, -0.2) is 18.8 Å². The van der Waals surface area contributed by atoms with Crippen molar-refractivity contribution in [2.45, 2.75) is 58.3 Å². The zero-order chi connectivity index (χ0) is 12.3. The number of thiophene rings is 1. The topological polar surface area (TPSA) is 21.3 Å². The van der Waals surface area contributed by atoms with E-state index in [0.717, 1.165) is 13.0 Å². The highest BCUT2D eigenvalue weighted by atomic mass is 32.1. The molecule has 1 aromatic rings. The molecule has 1 saturated heterocycles. The summed E-state index contributed by atoms with van der Waals surface area (Å²) in [5.74, 6) is 0. The number of likely N-dealkylation sites (N-methyl/N-ethyl adjacent to an activating group) is 1. The first-order valence-electron chi connectivity index (χ1n) is 6.72. The van der Waals surface area contributed by atoms with E-state index in [1.165, 1.54) is 22.6 Å². The van der Waals surface area contributed by atoms with Gasteiger partial charge in [0.2, 0.25) is 0 Å². The Morgan fingerprint density at radius 2 is 2.24 bits per heavy atom. The van der Waals surface area contributed by atoms with Crippen LogP contribution < -0.4 is 5.32 Å². The Morgan fingerprint density at radius 3 is 2.76 bits per heavy atom. The molecule has 2 heterocycles. The molecule has 1 aliphatic rings. The molecule has 3 heteroatoms. The van der Waals surface area contributed by atoms with Crippen molar-refractivity contribution in [2.75, 3.05) is 6.54 Å². The lowest BCUT2D eigenvalue weighted by molar-refractivity contribution is 0.0327. The van der Waals surface area contributed by atoms with E-state index in [1.54, 1.807) is 0 Å². The van der Waals surface area contributed by atoms with E-state index < -0.39 is 0 Å². The van der Waals surface area contributed by atoms with Crippen LogP contribution in [0.15, 0.2) is 12.1 Å². The molecular formula is C14H23NOS. The van der Waals surface area contributed by atoms with Gasteiger partial charge in [-0.15, -0.1) is 11.3 Å². The number of aryl methyl sites for hydroxylation is 1. The molecular weight excluding hydrogens is 230 g/mol. The van der Waals surface area contributed by atoms with E-state index in [2.05, 4.69) is 38.2 Å². The van der Waals surface area contributed by atoms with Crippen LogP contribution in [0.3, 0.4) is 0 Å². The van der Waals surface area contributed by atoms with Gasteiger partial charge in [-0.25, -0.2) is 0 Å². The molecule has 3 unspecified atom stereocenters. The molecule has 0 aromatic carbocycles. The Labute approximate surface area is 108 Å². The second-order valence-corrected chi connectivity index (χ2v) is 5.96. The molecule has 0 aliphatic carbocycles. The molecule has 0 amide bonds. The van der Waals surface area contributed by atoms with Gasteiger partial charge in [-0.2, -0.15) is 0 Å². The highest BCUT2D eigenvalue weighted by Crippen LogP contribution is 2.33. The van der Waals surface area contributed by atoms with Crippen LogP contribution >= 0.6 is 11.3 Å². The van der Waals surface area contributed by atoms with Crippen LogP contribution in [0.2, 0.25) is 0 Å². The van der Waals surface area contributed by atoms with Gasteiger partial charge in [0.15, 0.2) is 0 Å². The zero-order valence-corrected chi connectivity index (χ0v) is 11.8. The minimum Gasteiger partial charge on any atom is -0.373 e. The van der Waals surface area contributed by atoms with Crippen LogP contribution in [0.25, 0.3) is 0 Å². The third-order valence-corrected chi connectivity index (χ3v) is 4.71. The Bertz CT molecular complexity index is 350. The Kier molecular flexibility index (Phi) is 4.60. The first-order chi connectivity index (χ1) is 8.24. The summed E-state index contributed by atoms with van der Waals surface area (Å²) in [7, 11) is 0. The van der Waals surface area contributed by atoms with E-state index in [1.807, 2.05) is 11.3 Å². The second-order valence-electron chi connectivity index (χ2n) is 4.76. The van der Waals surface area contributed by atoms with Gasteiger partial charge in [0, 0.05) is 9.75 Å². The molecule has 0 bridgehead atoms. The lowest BCUT2D eigenvalue weighted by Crippen LogP contribution is -2.31. The van der Waals surface area contributed by atoms with E-state index in [4.69, 9.17) is 4.74 Å². The van der Waals surface area contributed by atoms with E-state index >= 15 is 0 Å². The predicted molar refractivity (Wildman–Crippen MR) is 73.7 cm³/mol. The maximum absolute atomic E-state index is 6.02. The molecule has 0 saturated carbocycles. The molecule has 1 aliphatic heterocycles. The summed E-state index contributed by atoms with van der Waals surface area (Å²) < 4.78 is 6.02. The van der Waals surface area contributed by atoms with Crippen LogP contribution in [0.1, 0.15) is 49.4 Å². The van der Waals surface area contributed by atoms with Crippen molar-refractivity contribution >= 4 is 11.3 Å². The highest BCUT2D eigenvalue weighted by Gasteiger charge is 2.30. The number of ether oxygens (including phenoxy) is 1. The predicted octanol–water partition coefficient (Wildman–Crippen LogP) is 3.53. The normalized spacial score (nSPS) is 26.3. The standard InChI is InChI=1S/C14H23NOS/c1-4-11-7-9-13(17-11)14(15-5-2)12-8-6-10(3)16-12/h7,9-10,12,14-15H,4-6,8H2,1-3H3. The molecule has 0 radical (unpaired) electrons. The third kappa shape index (κ3) is 3.09. The summed E-state index contributed by atoms with van der Waals surface area (Å²) in [6, 6.07) is 4.90. The van der Waals surface area contributed by atoms with Gasteiger partial charge in [-0.3, -0.25) is 0 Å². The largest absolute Gasteiger partial charge is 0.373 e. The summed E-state index contributed by atoms with van der Waals surface area (Å²) in [6.45, 7) is 7.55. The molecule has 17 heavy (non-hydrogen) atoms. The lowest BCUT2D eigenvalue weighted by Gasteiger charge is -2.23. The maximum atomic E-state index is 6.02. The average Bonchev–Trinajstić information content (AvgIpc) is 2.94. The third-order valence-electron chi connectivity index (χ3n) is 3.40. The number of hydrogen-bond acceptors (Lipinski definition) is 3. The van der Waals surface area contributed by atoms with E-state index in [-0.39, 0.29) is 0 Å². The summed E-state index contributed by atoms with van der Waals surface area (Å²) in [5, 5.41) is 3.58. The van der Waals surface area contributed by atoms with Crippen LogP contribution in [0, 0.1) is 0 Å². The minimum atomic E-state index is 0.355. The van der Waals surface area contributed by atoms with Crippen molar-refractivity contribution in [3.63, 3.8) is 0 Å². The summed E-state index contributed by atoms with van der Waals surface area (Å²) >= 11 is 1.93. The van der Waals surface area contributed by atoms with Gasteiger partial charge in [-0.1, -0.05) is 13.8 Å². The fourth-order valence-corrected chi connectivity index (χ4v) is 3.55. The number of rotatable bonds is 5. The molecule has 1 aromatic heterocycles. The van der Waals surface area contributed by atoms with Crippen molar-refractivity contribution in [2.24, 2.45) is 0 Å². The quantitative estimate of drug-likeness (QED) is 0.867. The summed E-state index contributed by atoms with van der Waals surface area (Å²) in [6.07, 6.45) is 4.28. The van der Waals surface area contributed by atoms with Gasteiger partial charge < -0.3 is 10.1 Å². The summed E-state index contributed by atoms with van der Waals surface area (Å²) in [5.41, 5.74) is 0. The fraction of sp³-hybridized carbons (Fsp3) is 0.714. The maximum Gasteiger partial charge on any atom is 0.0782 e. The number of nitrogens with one attached hydrogen (secondary N) is 1. The van der Waals surface area contributed by atoms with Crippen molar-refractivity contribution in [1.29, 1.82) is 0 Å². The van der Waals surface area contributed by atoms with Crippen LogP contribution in [0.4, 0.5) is 0 Å². The smallest absolute Gasteiger partial charge is 0.0782 e. The van der Waals surface area contributed by atoms with Gasteiger partial charge in [-0.05, 0) is 44.9 Å². The average molecular weight is 253 g/mol. The van der Waals surface area contributed by atoms with Crippen molar-refractivity contribution < 1.29 is 4.74 Å². The molecule has 3 atom stereocenters. The fourth-order valence-electron chi connectivity index (χ4n) is 2.47. The molecule has 1 fully saturated rings. The Morgan fingerprint density at radius 1 is 1.41 bits per heavy atom. The summed E-state index contributed by atoms with van der Waals surface area (Å²) in [4.78, 5) is 2.90. The van der Waals surface area contributed by atoms with Crippen LogP contribution in [0.5, 0.6) is 0 Å². The molecule has 0 spiro atoms. The van der Waals surface area contributed by atoms with Gasteiger partial charge in [0.25, 0.3) is 0 Å². The Hall–Kier alpha value is -0.380. The SMILES string of the molecule is CCNC(c1ccc(CC)s1)C1CCC(C)O1. The van der Waals surface area contributed by atoms with Gasteiger partial charge >= 0.3 is 0 Å². The first kappa shape index (κ1) is 13.1. The second kappa shape index (κ2) is 5.98. The van der Waals surface area contributed by atoms with Gasteiger partial charge in [0.1, 0.15) is 0 Å². The van der Waals surface area contributed by atoms with Crippen molar-refractivity contribution in [3.05, 3.63) is 21.9 Å². The number of hydrogen-bond donors (Lipinski definition) is 1. The minimum absolute atomic E-state index is 0.355. The highest BCUT2D eigenvalue weighted by molar-refractivity contribution is 7.12. The molecule has 2 nitrogen and oxygen atoms in total. The van der Waals surface area contributed by atoms with E-state index in [9.17, 15) is 0 Å². The zero-order valence-electron chi connectivity index (χ0n) is 11.0. The Balaban J connectivity index is 2.10.